The lowest BCUT2D eigenvalue weighted by Gasteiger charge is -2.20. The quantitative estimate of drug-likeness (QED) is 0.699. The van der Waals surface area contributed by atoms with Crippen LogP contribution in [0.5, 0.6) is 0 Å². The molecular weight excluding hydrogens is 336 g/mol. The minimum atomic E-state index is -1.11. The first kappa shape index (κ1) is 19.4. The minimum Gasteiger partial charge on any atom is -0.480 e. The summed E-state index contributed by atoms with van der Waals surface area (Å²) in [6.07, 6.45) is 0.144. The van der Waals surface area contributed by atoms with Crippen molar-refractivity contribution in [2.45, 2.75) is 6.42 Å². The number of ether oxygens (including phenoxy) is 1. The third kappa shape index (κ3) is 5.56. The third-order valence-corrected chi connectivity index (χ3v) is 3.91. The largest absolute Gasteiger partial charge is 0.480 e. The van der Waals surface area contributed by atoms with Gasteiger partial charge in [0.1, 0.15) is 6.54 Å². The van der Waals surface area contributed by atoms with Crippen LogP contribution in [0.25, 0.3) is 10.8 Å². The van der Waals surface area contributed by atoms with Crippen molar-refractivity contribution in [2.24, 2.45) is 0 Å². The molecule has 2 amide bonds. The summed E-state index contributed by atoms with van der Waals surface area (Å²) in [6.45, 7) is -0.300. The van der Waals surface area contributed by atoms with Crippen molar-refractivity contribution >= 4 is 28.6 Å². The second-order valence-electron chi connectivity index (χ2n) is 5.79. The van der Waals surface area contributed by atoms with Gasteiger partial charge in [0.2, 0.25) is 11.8 Å². The average Bonchev–Trinajstić information content (AvgIpc) is 2.63. The van der Waals surface area contributed by atoms with E-state index in [1.54, 1.807) is 0 Å². The summed E-state index contributed by atoms with van der Waals surface area (Å²) in [5.41, 5.74) is 0.870. The van der Waals surface area contributed by atoms with E-state index in [2.05, 4.69) is 5.32 Å². The van der Waals surface area contributed by atoms with Gasteiger partial charge in [0.25, 0.3) is 0 Å². The van der Waals surface area contributed by atoms with Crippen molar-refractivity contribution in [1.82, 2.24) is 10.2 Å². The molecule has 2 aromatic carbocycles. The van der Waals surface area contributed by atoms with Crippen molar-refractivity contribution in [1.29, 1.82) is 0 Å². The number of amides is 2. The number of nitrogens with one attached hydrogen (secondary N) is 1. The van der Waals surface area contributed by atoms with Gasteiger partial charge in [-0.25, -0.2) is 0 Å². The summed E-state index contributed by atoms with van der Waals surface area (Å²) >= 11 is 0. The van der Waals surface area contributed by atoms with Gasteiger partial charge in [-0.1, -0.05) is 42.5 Å². The van der Waals surface area contributed by atoms with Crippen LogP contribution in [0.3, 0.4) is 0 Å². The number of carbonyl (C=O) groups is 3. The second kappa shape index (κ2) is 9.53. The molecule has 0 unspecified atom stereocenters. The maximum Gasteiger partial charge on any atom is 0.323 e. The molecule has 7 heteroatoms. The van der Waals surface area contributed by atoms with E-state index in [9.17, 15) is 14.4 Å². The summed E-state index contributed by atoms with van der Waals surface area (Å²) in [4.78, 5) is 36.3. The van der Waals surface area contributed by atoms with Gasteiger partial charge in [0, 0.05) is 13.7 Å². The van der Waals surface area contributed by atoms with Crippen LogP contribution in [-0.2, 0) is 25.5 Å². The molecule has 2 rings (SSSR count). The first-order chi connectivity index (χ1) is 12.5. The molecule has 0 radical (unpaired) electrons. The van der Waals surface area contributed by atoms with E-state index in [0.29, 0.717) is 0 Å². The molecule has 0 aliphatic rings. The summed E-state index contributed by atoms with van der Waals surface area (Å²) in [7, 11) is 1.47. The Labute approximate surface area is 151 Å². The minimum absolute atomic E-state index is 0.144. The number of methoxy groups -OCH3 is 1. The molecule has 0 heterocycles. The fraction of sp³-hybridized carbons (Fsp3) is 0.316. The number of hydrogen-bond donors (Lipinski definition) is 2. The Morgan fingerprint density at radius 3 is 2.58 bits per heavy atom. The molecule has 7 nitrogen and oxygen atoms in total. The number of benzene rings is 2. The fourth-order valence-corrected chi connectivity index (χ4v) is 2.62. The monoisotopic (exact) mass is 358 g/mol. The molecule has 0 atom stereocenters. The van der Waals surface area contributed by atoms with Crippen LogP contribution in [0.1, 0.15) is 5.56 Å². The SMILES string of the molecule is COCCN(CC(=O)O)C(=O)CNC(=O)Cc1cccc2ccccc12. The Bertz CT molecular complexity index is 785. The summed E-state index contributed by atoms with van der Waals surface area (Å²) in [5.74, 6) is -1.87. The highest BCUT2D eigenvalue weighted by Gasteiger charge is 2.17. The Kier molecular flexibility index (Phi) is 7.11. The van der Waals surface area contributed by atoms with Crippen molar-refractivity contribution in [2.75, 3.05) is 33.4 Å². The summed E-state index contributed by atoms with van der Waals surface area (Å²) < 4.78 is 4.88. The molecule has 0 fully saturated rings. The number of carboxylic acids is 1. The van der Waals surface area contributed by atoms with Gasteiger partial charge >= 0.3 is 5.97 Å². The van der Waals surface area contributed by atoms with Gasteiger partial charge in [-0.3, -0.25) is 14.4 Å². The highest BCUT2D eigenvalue weighted by Crippen LogP contribution is 2.18. The number of fused-ring (bicyclic) bond motifs is 1. The Hall–Kier alpha value is -2.93. The van der Waals surface area contributed by atoms with Gasteiger partial charge in [-0.05, 0) is 16.3 Å². The highest BCUT2D eigenvalue weighted by molar-refractivity contribution is 5.92. The zero-order chi connectivity index (χ0) is 18.9. The maximum atomic E-state index is 12.2. The van der Waals surface area contributed by atoms with E-state index in [-0.39, 0.29) is 32.0 Å². The highest BCUT2D eigenvalue weighted by atomic mass is 16.5. The van der Waals surface area contributed by atoms with Crippen LogP contribution in [0.4, 0.5) is 0 Å². The topological polar surface area (TPSA) is 95.9 Å². The lowest BCUT2D eigenvalue weighted by molar-refractivity contribution is -0.144. The van der Waals surface area contributed by atoms with Gasteiger partial charge in [-0.15, -0.1) is 0 Å². The van der Waals surface area contributed by atoms with E-state index >= 15 is 0 Å². The van der Waals surface area contributed by atoms with Crippen molar-refractivity contribution in [3.05, 3.63) is 48.0 Å². The van der Waals surface area contributed by atoms with E-state index in [1.165, 1.54) is 7.11 Å². The first-order valence-electron chi connectivity index (χ1n) is 8.23. The number of nitrogens with zero attached hydrogens (tertiary/aromatic N) is 1. The second-order valence-corrected chi connectivity index (χ2v) is 5.79. The lowest BCUT2D eigenvalue weighted by atomic mass is 10.0. The van der Waals surface area contributed by atoms with Crippen molar-refractivity contribution in [3.63, 3.8) is 0 Å². The van der Waals surface area contributed by atoms with Gasteiger partial charge in [-0.2, -0.15) is 0 Å². The molecule has 0 bridgehead atoms. The lowest BCUT2D eigenvalue weighted by Crippen LogP contribution is -2.44. The smallest absolute Gasteiger partial charge is 0.323 e. The van der Waals surface area contributed by atoms with E-state index < -0.39 is 18.4 Å². The predicted octanol–water partition coefficient (Wildman–Crippen LogP) is 1.06. The van der Waals surface area contributed by atoms with Crippen LogP contribution in [0.2, 0.25) is 0 Å². The molecular formula is C19H22N2O5. The molecule has 0 aromatic heterocycles. The van der Waals surface area contributed by atoms with Gasteiger partial charge < -0.3 is 20.1 Å². The molecule has 0 aliphatic carbocycles. The molecule has 2 N–H and O–H groups in total. The zero-order valence-corrected chi connectivity index (χ0v) is 14.6. The van der Waals surface area contributed by atoms with Crippen LogP contribution in [0, 0.1) is 0 Å². The average molecular weight is 358 g/mol. The molecule has 0 spiro atoms. The van der Waals surface area contributed by atoms with Crippen LogP contribution >= 0.6 is 0 Å². The van der Waals surface area contributed by atoms with Crippen molar-refractivity contribution < 1.29 is 24.2 Å². The Balaban J connectivity index is 1.94. The number of hydrogen-bond acceptors (Lipinski definition) is 4. The first-order valence-corrected chi connectivity index (χ1v) is 8.23. The molecule has 26 heavy (non-hydrogen) atoms. The van der Waals surface area contributed by atoms with Crippen molar-refractivity contribution in [3.8, 4) is 0 Å². The predicted molar refractivity (Wildman–Crippen MR) is 96.8 cm³/mol. The van der Waals surface area contributed by atoms with Crippen LogP contribution in [0.15, 0.2) is 42.5 Å². The zero-order valence-electron chi connectivity index (χ0n) is 14.6. The third-order valence-electron chi connectivity index (χ3n) is 3.91. The number of aliphatic carboxylic acids is 1. The van der Waals surface area contributed by atoms with Gasteiger partial charge in [0.05, 0.1) is 19.6 Å². The molecule has 0 saturated carbocycles. The molecule has 0 aliphatic heterocycles. The number of rotatable bonds is 9. The normalized spacial score (nSPS) is 10.5. The summed E-state index contributed by atoms with van der Waals surface area (Å²) in [6, 6.07) is 13.5. The van der Waals surface area contributed by atoms with E-state index in [0.717, 1.165) is 21.2 Å². The van der Waals surface area contributed by atoms with Crippen LogP contribution in [-0.4, -0.2) is 61.1 Å². The number of carboxylic acid groups (broad SMARTS) is 1. The van der Waals surface area contributed by atoms with Gasteiger partial charge in [0.15, 0.2) is 0 Å². The number of carbonyl (C=O) groups excluding carboxylic acids is 2. The van der Waals surface area contributed by atoms with E-state index in [4.69, 9.17) is 9.84 Å². The Morgan fingerprint density at radius 1 is 1.12 bits per heavy atom. The van der Waals surface area contributed by atoms with E-state index in [1.807, 2.05) is 42.5 Å². The maximum absolute atomic E-state index is 12.2. The van der Waals surface area contributed by atoms with Crippen LogP contribution < -0.4 is 5.32 Å². The molecule has 0 saturated heterocycles. The summed E-state index contributed by atoms with van der Waals surface area (Å²) in [5, 5.41) is 13.5. The Morgan fingerprint density at radius 2 is 1.85 bits per heavy atom. The molecule has 138 valence electrons. The standard InChI is InChI=1S/C19H22N2O5/c1-26-10-9-21(13-19(24)25)18(23)12-20-17(22)11-15-7-4-6-14-5-2-3-8-16(14)15/h2-8H,9-13H2,1H3,(H,20,22)(H,24,25). The fourth-order valence-electron chi connectivity index (χ4n) is 2.62. The molecule has 2 aromatic rings.